The molecule has 2 nitrogen and oxygen atoms in total. The van der Waals surface area contributed by atoms with Gasteiger partial charge in [0.05, 0.1) is 12.7 Å². The third-order valence-corrected chi connectivity index (χ3v) is 3.20. The molecule has 3 heteroatoms. The molecule has 72 valence electrons. The molecule has 2 rings (SSSR count). The van der Waals surface area contributed by atoms with Gasteiger partial charge in [-0.05, 0) is 28.8 Å². The Bertz CT molecular complexity index is 239. The zero-order valence-corrected chi connectivity index (χ0v) is 8.64. The first kappa shape index (κ1) is 9.19. The van der Waals surface area contributed by atoms with Gasteiger partial charge in [0, 0.05) is 12.6 Å². The summed E-state index contributed by atoms with van der Waals surface area (Å²) >= 11 is 1.73. The maximum atomic E-state index is 5.77. The van der Waals surface area contributed by atoms with Crippen LogP contribution in [0.5, 0.6) is 0 Å². The van der Waals surface area contributed by atoms with Gasteiger partial charge in [-0.3, -0.25) is 0 Å². The second-order valence-electron chi connectivity index (χ2n) is 3.39. The SMILES string of the molecule is CCC1COC(c2ccsc2)CN1. The van der Waals surface area contributed by atoms with Crippen molar-refractivity contribution in [2.24, 2.45) is 0 Å². The molecule has 0 amide bonds. The van der Waals surface area contributed by atoms with E-state index in [0.29, 0.717) is 6.04 Å². The van der Waals surface area contributed by atoms with Gasteiger partial charge in [0.25, 0.3) is 0 Å². The summed E-state index contributed by atoms with van der Waals surface area (Å²) in [5, 5.41) is 7.75. The Morgan fingerprint density at radius 1 is 1.69 bits per heavy atom. The minimum atomic E-state index is 0.272. The molecule has 1 saturated heterocycles. The summed E-state index contributed by atoms with van der Waals surface area (Å²) in [5.41, 5.74) is 1.31. The van der Waals surface area contributed by atoms with Crippen molar-refractivity contribution in [1.82, 2.24) is 5.32 Å². The summed E-state index contributed by atoms with van der Waals surface area (Å²) in [7, 11) is 0. The van der Waals surface area contributed by atoms with Crippen molar-refractivity contribution in [3.8, 4) is 0 Å². The quantitative estimate of drug-likeness (QED) is 0.784. The molecular weight excluding hydrogens is 182 g/mol. The van der Waals surface area contributed by atoms with Crippen molar-refractivity contribution in [2.45, 2.75) is 25.5 Å². The van der Waals surface area contributed by atoms with Gasteiger partial charge in [-0.25, -0.2) is 0 Å². The molecule has 0 spiro atoms. The van der Waals surface area contributed by atoms with E-state index in [2.05, 4.69) is 29.1 Å². The van der Waals surface area contributed by atoms with Gasteiger partial charge in [-0.2, -0.15) is 11.3 Å². The standard InChI is InChI=1S/C10H15NOS/c1-2-9-6-12-10(5-11-9)8-3-4-13-7-8/h3-4,7,9-11H,2,5-6H2,1H3. The molecule has 0 radical (unpaired) electrons. The predicted molar refractivity (Wildman–Crippen MR) is 55.1 cm³/mol. The Labute approximate surface area is 82.9 Å². The van der Waals surface area contributed by atoms with Crippen LogP contribution in [0.15, 0.2) is 16.8 Å². The van der Waals surface area contributed by atoms with Gasteiger partial charge < -0.3 is 10.1 Å². The maximum absolute atomic E-state index is 5.77. The monoisotopic (exact) mass is 197 g/mol. The predicted octanol–water partition coefficient (Wildman–Crippen LogP) is 2.19. The van der Waals surface area contributed by atoms with Crippen LogP contribution >= 0.6 is 11.3 Å². The van der Waals surface area contributed by atoms with Gasteiger partial charge in [0.1, 0.15) is 0 Å². The topological polar surface area (TPSA) is 21.3 Å². The van der Waals surface area contributed by atoms with Crippen LogP contribution in [0.4, 0.5) is 0 Å². The van der Waals surface area contributed by atoms with Gasteiger partial charge in [0.15, 0.2) is 0 Å². The van der Waals surface area contributed by atoms with Gasteiger partial charge in [-0.15, -0.1) is 0 Å². The third-order valence-electron chi connectivity index (χ3n) is 2.50. The molecule has 2 unspecified atom stereocenters. The highest BCUT2D eigenvalue weighted by molar-refractivity contribution is 7.07. The van der Waals surface area contributed by atoms with Crippen LogP contribution in [0.25, 0.3) is 0 Å². The van der Waals surface area contributed by atoms with Gasteiger partial charge in [-0.1, -0.05) is 6.92 Å². The molecular formula is C10H15NOS. The van der Waals surface area contributed by atoms with Gasteiger partial charge in [0.2, 0.25) is 0 Å². The van der Waals surface area contributed by atoms with Crippen LogP contribution in [-0.4, -0.2) is 19.2 Å². The zero-order valence-electron chi connectivity index (χ0n) is 7.82. The first-order chi connectivity index (χ1) is 6.40. The normalized spacial score (nSPS) is 29.0. The van der Waals surface area contributed by atoms with Crippen LogP contribution in [0, 0.1) is 0 Å². The van der Waals surface area contributed by atoms with Crippen molar-refractivity contribution < 1.29 is 4.74 Å². The molecule has 2 heterocycles. The van der Waals surface area contributed by atoms with Crippen LogP contribution < -0.4 is 5.32 Å². The number of hydrogen-bond donors (Lipinski definition) is 1. The van der Waals surface area contributed by atoms with E-state index in [-0.39, 0.29) is 6.10 Å². The van der Waals surface area contributed by atoms with E-state index < -0.39 is 0 Å². The minimum Gasteiger partial charge on any atom is -0.371 e. The van der Waals surface area contributed by atoms with Crippen molar-refractivity contribution >= 4 is 11.3 Å². The van der Waals surface area contributed by atoms with E-state index >= 15 is 0 Å². The lowest BCUT2D eigenvalue weighted by Crippen LogP contribution is -2.42. The maximum Gasteiger partial charge on any atom is 0.0958 e. The van der Waals surface area contributed by atoms with E-state index in [0.717, 1.165) is 19.6 Å². The number of rotatable bonds is 2. The Balaban J connectivity index is 1.92. The molecule has 1 aromatic rings. The zero-order chi connectivity index (χ0) is 9.10. The van der Waals surface area contributed by atoms with Crippen LogP contribution in [0.1, 0.15) is 25.0 Å². The molecule has 13 heavy (non-hydrogen) atoms. The van der Waals surface area contributed by atoms with Crippen LogP contribution in [-0.2, 0) is 4.74 Å². The summed E-state index contributed by atoms with van der Waals surface area (Å²) in [5.74, 6) is 0. The minimum absolute atomic E-state index is 0.272. The largest absolute Gasteiger partial charge is 0.371 e. The molecule has 1 aliphatic heterocycles. The van der Waals surface area contributed by atoms with Gasteiger partial charge >= 0.3 is 0 Å². The lowest BCUT2D eigenvalue weighted by Gasteiger charge is -2.29. The average molecular weight is 197 g/mol. The van der Waals surface area contributed by atoms with Crippen LogP contribution in [0.3, 0.4) is 0 Å². The number of hydrogen-bond acceptors (Lipinski definition) is 3. The van der Waals surface area contributed by atoms with Crippen molar-refractivity contribution in [2.75, 3.05) is 13.2 Å². The van der Waals surface area contributed by atoms with E-state index in [9.17, 15) is 0 Å². The average Bonchev–Trinajstić information content (AvgIpc) is 2.71. The highest BCUT2D eigenvalue weighted by Crippen LogP contribution is 2.22. The summed E-state index contributed by atoms with van der Waals surface area (Å²) in [6, 6.07) is 2.69. The molecule has 0 aromatic carbocycles. The number of nitrogens with one attached hydrogen (secondary N) is 1. The smallest absolute Gasteiger partial charge is 0.0958 e. The van der Waals surface area contributed by atoms with E-state index in [1.807, 2.05) is 0 Å². The summed E-state index contributed by atoms with van der Waals surface area (Å²) in [6.07, 6.45) is 1.42. The number of thiophene rings is 1. The summed E-state index contributed by atoms with van der Waals surface area (Å²) < 4.78 is 5.77. The van der Waals surface area contributed by atoms with E-state index in [1.54, 1.807) is 11.3 Å². The van der Waals surface area contributed by atoms with E-state index in [1.165, 1.54) is 5.56 Å². The molecule has 0 saturated carbocycles. The molecule has 2 atom stereocenters. The highest BCUT2D eigenvalue weighted by atomic mass is 32.1. The lowest BCUT2D eigenvalue weighted by atomic mass is 10.1. The summed E-state index contributed by atoms with van der Waals surface area (Å²) in [6.45, 7) is 3.98. The molecule has 1 aliphatic rings. The fourth-order valence-corrected chi connectivity index (χ4v) is 2.26. The van der Waals surface area contributed by atoms with Crippen LogP contribution in [0.2, 0.25) is 0 Å². The highest BCUT2D eigenvalue weighted by Gasteiger charge is 2.20. The third kappa shape index (κ3) is 2.10. The number of morpholine rings is 1. The van der Waals surface area contributed by atoms with Crippen molar-refractivity contribution in [1.29, 1.82) is 0 Å². The lowest BCUT2D eigenvalue weighted by molar-refractivity contribution is 0.00246. The molecule has 1 aromatic heterocycles. The molecule has 1 fully saturated rings. The first-order valence-corrected chi connectivity index (χ1v) is 5.71. The first-order valence-electron chi connectivity index (χ1n) is 4.77. The Hall–Kier alpha value is -0.380. The fourth-order valence-electron chi connectivity index (χ4n) is 1.56. The molecule has 1 N–H and O–H groups in total. The summed E-state index contributed by atoms with van der Waals surface area (Å²) in [4.78, 5) is 0. The van der Waals surface area contributed by atoms with E-state index in [4.69, 9.17) is 4.74 Å². The molecule has 0 bridgehead atoms. The van der Waals surface area contributed by atoms with Crippen molar-refractivity contribution in [3.63, 3.8) is 0 Å². The Morgan fingerprint density at radius 3 is 3.15 bits per heavy atom. The molecule has 0 aliphatic carbocycles. The second kappa shape index (κ2) is 4.22. The Kier molecular flexibility index (Phi) is 2.98. The fraction of sp³-hybridized carbons (Fsp3) is 0.600. The second-order valence-corrected chi connectivity index (χ2v) is 4.17. The number of ether oxygens (including phenoxy) is 1. The van der Waals surface area contributed by atoms with Crippen molar-refractivity contribution in [3.05, 3.63) is 22.4 Å². The Morgan fingerprint density at radius 2 is 2.62 bits per heavy atom.